The van der Waals surface area contributed by atoms with Crippen LogP contribution in [0.15, 0.2) is 18.3 Å². The van der Waals surface area contributed by atoms with E-state index in [1.807, 2.05) is 17.0 Å². The fraction of sp³-hybridized carbons (Fsp3) is 0.500. The van der Waals surface area contributed by atoms with Gasteiger partial charge in [0.2, 0.25) is 0 Å². The van der Waals surface area contributed by atoms with Gasteiger partial charge in [-0.1, -0.05) is 0 Å². The monoisotopic (exact) mass is 209 g/mol. The fourth-order valence-corrected chi connectivity index (χ4v) is 1.72. The van der Waals surface area contributed by atoms with E-state index in [2.05, 4.69) is 4.98 Å². The molecule has 1 aromatic rings. The molecule has 4 N–H and O–H groups in total. The molecule has 82 valence electrons. The predicted molar refractivity (Wildman–Crippen MR) is 56.4 cm³/mol. The Balaban J connectivity index is 2.16. The lowest BCUT2D eigenvalue weighted by molar-refractivity contribution is 0.0572. The largest absolute Gasteiger partial charge is 0.389 e. The van der Waals surface area contributed by atoms with E-state index < -0.39 is 12.2 Å². The van der Waals surface area contributed by atoms with Crippen LogP contribution >= 0.6 is 0 Å². The van der Waals surface area contributed by atoms with Gasteiger partial charge < -0.3 is 20.8 Å². The standard InChI is InChI=1S/C10H15N3O2/c11-4-7-1-2-12-10(3-7)13-5-8(14)9(15)6-13/h1-3,8-9,14-15H,4-6,11H2. The second-order valence-corrected chi connectivity index (χ2v) is 3.77. The molecule has 2 atom stereocenters. The minimum absolute atomic E-state index is 0.419. The van der Waals surface area contributed by atoms with Crippen molar-refractivity contribution in [3.8, 4) is 0 Å². The van der Waals surface area contributed by atoms with E-state index in [1.54, 1.807) is 6.20 Å². The smallest absolute Gasteiger partial charge is 0.128 e. The highest BCUT2D eigenvalue weighted by Crippen LogP contribution is 2.19. The average molecular weight is 209 g/mol. The lowest BCUT2D eigenvalue weighted by atomic mass is 10.2. The first kappa shape index (κ1) is 10.4. The zero-order valence-corrected chi connectivity index (χ0v) is 8.37. The molecule has 0 aliphatic carbocycles. The summed E-state index contributed by atoms with van der Waals surface area (Å²) in [7, 11) is 0. The summed E-state index contributed by atoms with van der Waals surface area (Å²) in [6.07, 6.45) is 0.316. The Morgan fingerprint density at radius 2 is 2.07 bits per heavy atom. The van der Waals surface area contributed by atoms with Crippen LogP contribution in [0.4, 0.5) is 5.82 Å². The quantitative estimate of drug-likeness (QED) is 0.587. The van der Waals surface area contributed by atoms with Gasteiger partial charge in [0.1, 0.15) is 5.82 Å². The second-order valence-electron chi connectivity index (χ2n) is 3.77. The number of aromatic nitrogens is 1. The lowest BCUT2D eigenvalue weighted by Gasteiger charge is -2.16. The van der Waals surface area contributed by atoms with Crippen LogP contribution in [-0.4, -0.2) is 40.5 Å². The Bertz CT molecular complexity index is 335. The third-order valence-electron chi connectivity index (χ3n) is 2.63. The Morgan fingerprint density at radius 3 is 2.67 bits per heavy atom. The summed E-state index contributed by atoms with van der Waals surface area (Å²) < 4.78 is 0. The van der Waals surface area contributed by atoms with E-state index in [9.17, 15) is 10.2 Å². The Morgan fingerprint density at radius 1 is 1.40 bits per heavy atom. The Labute approximate surface area is 88.2 Å². The van der Waals surface area contributed by atoms with Gasteiger partial charge in [-0.05, 0) is 17.7 Å². The summed E-state index contributed by atoms with van der Waals surface area (Å²) >= 11 is 0. The summed E-state index contributed by atoms with van der Waals surface area (Å²) in [4.78, 5) is 6.04. The van der Waals surface area contributed by atoms with E-state index in [-0.39, 0.29) is 0 Å². The first-order chi connectivity index (χ1) is 7.20. The zero-order valence-electron chi connectivity index (χ0n) is 8.37. The normalized spacial score (nSPS) is 25.9. The minimum Gasteiger partial charge on any atom is -0.389 e. The molecule has 1 aliphatic heterocycles. The van der Waals surface area contributed by atoms with Crippen LogP contribution in [0.5, 0.6) is 0 Å². The third kappa shape index (κ3) is 2.09. The number of β-amino-alcohol motifs (C(OH)–C–C–N with tert-alkyl or cyclic N) is 2. The van der Waals surface area contributed by atoms with Gasteiger partial charge in [0.05, 0.1) is 12.2 Å². The summed E-state index contributed by atoms with van der Waals surface area (Å²) in [5.41, 5.74) is 6.52. The zero-order chi connectivity index (χ0) is 10.8. The van der Waals surface area contributed by atoms with E-state index in [0.29, 0.717) is 19.6 Å². The van der Waals surface area contributed by atoms with Gasteiger partial charge in [-0.25, -0.2) is 4.98 Å². The molecule has 0 spiro atoms. The van der Waals surface area contributed by atoms with Gasteiger partial charge >= 0.3 is 0 Å². The van der Waals surface area contributed by atoms with Crippen LogP contribution in [0, 0.1) is 0 Å². The number of aliphatic hydroxyl groups excluding tert-OH is 2. The highest BCUT2D eigenvalue weighted by atomic mass is 16.3. The van der Waals surface area contributed by atoms with E-state index in [0.717, 1.165) is 11.4 Å². The average Bonchev–Trinajstić information content (AvgIpc) is 2.59. The van der Waals surface area contributed by atoms with Crippen LogP contribution in [0.25, 0.3) is 0 Å². The van der Waals surface area contributed by atoms with Crippen LogP contribution in [0.2, 0.25) is 0 Å². The SMILES string of the molecule is NCc1ccnc(N2CC(O)C(O)C2)c1. The summed E-state index contributed by atoms with van der Waals surface area (Å²) in [5, 5.41) is 18.8. The maximum absolute atomic E-state index is 9.41. The molecule has 0 saturated carbocycles. The molecule has 1 aliphatic rings. The number of nitrogens with two attached hydrogens (primary N) is 1. The van der Waals surface area contributed by atoms with Crippen LogP contribution < -0.4 is 10.6 Å². The molecule has 1 aromatic heterocycles. The number of hydrogen-bond donors (Lipinski definition) is 3. The summed E-state index contributed by atoms with van der Waals surface area (Å²) in [5.74, 6) is 0.758. The van der Waals surface area contributed by atoms with Crippen molar-refractivity contribution in [3.05, 3.63) is 23.9 Å². The van der Waals surface area contributed by atoms with Gasteiger partial charge in [-0.2, -0.15) is 0 Å². The first-order valence-corrected chi connectivity index (χ1v) is 4.97. The van der Waals surface area contributed by atoms with Crippen molar-refractivity contribution in [1.29, 1.82) is 0 Å². The van der Waals surface area contributed by atoms with Gasteiger partial charge in [0.15, 0.2) is 0 Å². The maximum atomic E-state index is 9.41. The molecule has 5 nitrogen and oxygen atoms in total. The topological polar surface area (TPSA) is 82.6 Å². The number of aliphatic hydroxyl groups is 2. The number of rotatable bonds is 2. The van der Waals surface area contributed by atoms with Crippen LogP contribution in [0.3, 0.4) is 0 Å². The molecular formula is C10H15N3O2. The van der Waals surface area contributed by atoms with E-state index >= 15 is 0 Å². The molecule has 0 amide bonds. The van der Waals surface area contributed by atoms with Gasteiger partial charge in [-0.3, -0.25) is 0 Å². The van der Waals surface area contributed by atoms with E-state index in [1.165, 1.54) is 0 Å². The molecule has 1 saturated heterocycles. The number of nitrogens with zero attached hydrogens (tertiary/aromatic N) is 2. The van der Waals surface area contributed by atoms with Crippen molar-refractivity contribution in [2.24, 2.45) is 5.73 Å². The Kier molecular flexibility index (Phi) is 2.86. The predicted octanol–water partition coefficient (Wildman–Crippen LogP) is -0.918. The van der Waals surface area contributed by atoms with Crippen molar-refractivity contribution >= 4 is 5.82 Å². The summed E-state index contributed by atoms with van der Waals surface area (Å²) in [6.45, 7) is 1.30. The van der Waals surface area contributed by atoms with Gasteiger partial charge in [-0.15, -0.1) is 0 Å². The maximum Gasteiger partial charge on any atom is 0.128 e. The van der Waals surface area contributed by atoms with Crippen LogP contribution in [-0.2, 0) is 6.54 Å². The van der Waals surface area contributed by atoms with Crippen molar-refractivity contribution in [3.63, 3.8) is 0 Å². The minimum atomic E-state index is -0.687. The molecule has 1 fully saturated rings. The van der Waals surface area contributed by atoms with Crippen molar-refractivity contribution < 1.29 is 10.2 Å². The molecule has 15 heavy (non-hydrogen) atoms. The molecule has 0 radical (unpaired) electrons. The van der Waals surface area contributed by atoms with Crippen molar-refractivity contribution in [2.75, 3.05) is 18.0 Å². The number of pyridine rings is 1. The highest BCUT2D eigenvalue weighted by molar-refractivity contribution is 5.42. The second kappa shape index (κ2) is 4.14. The van der Waals surface area contributed by atoms with E-state index in [4.69, 9.17) is 5.73 Å². The molecule has 2 unspecified atom stereocenters. The molecule has 0 bridgehead atoms. The molecular weight excluding hydrogens is 194 g/mol. The molecule has 2 heterocycles. The molecule has 5 heteroatoms. The molecule has 2 rings (SSSR count). The summed E-state index contributed by atoms with van der Waals surface area (Å²) in [6, 6.07) is 3.73. The molecule has 0 aromatic carbocycles. The fourth-order valence-electron chi connectivity index (χ4n) is 1.72. The van der Waals surface area contributed by atoms with Gasteiger partial charge in [0, 0.05) is 25.8 Å². The van der Waals surface area contributed by atoms with Gasteiger partial charge in [0.25, 0.3) is 0 Å². The van der Waals surface area contributed by atoms with Crippen molar-refractivity contribution in [1.82, 2.24) is 4.98 Å². The van der Waals surface area contributed by atoms with Crippen LogP contribution in [0.1, 0.15) is 5.56 Å². The number of anilines is 1. The Hall–Kier alpha value is -1.17. The van der Waals surface area contributed by atoms with Crippen molar-refractivity contribution in [2.45, 2.75) is 18.8 Å². The third-order valence-corrected chi connectivity index (χ3v) is 2.63. The highest BCUT2D eigenvalue weighted by Gasteiger charge is 2.30. The lowest BCUT2D eigenvalue weighted by Crippen LogP contribution is -2.22. The number of hydrogen-bond acceptors (Lipinski definition) is 5. The first-order valence-electron chi connectivity index (χ1n) is 4.97.